The van der Waals surface area contributed by atoms with Crippen LogP contribution in [0.3, 0.4) is 0 Å². The van der Waals surface area contributed by atoms with Gasteiger partial charge in [-0.2, -0.15) is 4.37 Å². The first-order valence-electron chi connectivity index (χ1n) is 11.2. The number of hydrogen-bond acceptors (Lipinski definition) is 7. The predicted octanol–water partition coefficient (Wildman–Crippen LogP) is 3.09. The van der Waals surface area contributed by atoms with Gasteiger partial charge < -0.3 is 15.1 Å². The van der Waals surface area contributed by atoms with Gasteiger partial charge in [0.2, 0.25) is 5.13 Å². The van der Waals surface area contributed by atoms with E-state index in [-0.39, 0.29) is 0 Å². The maximum Gasteiger partial charge on any atom is 0.205 e. The van der Waals surface area contributed by atoms with E-state index in [2.05, 4.69) is 60.7 Å². The average molecular weight is 448 g/mol. The molecule has 0 spiro atoms. The fraction of sp³-hybridized carbons (Fsp3) is 0.667. The van der Waals surface area contributed by atoms with E-state index in [0.29, 0.717) is 6.04 Å². The van der Waals surface area contributed by atoms with Gasteiger partial charge in [0.25, 0.3) is 0 Å². The molecule has 1 atom stereocenters. The first kappa shape index (κ1) is 21.5. The predicted molar refractivity (Wildman–Crippen MR) is 127 cm³/mol. The number of guanidine groups is 1. The second kappa shape index (κ2) is 10.5. The van der Waals surface area contributed by atoms with E-state index in [1.165, 1.54) is 42.3 Å². The third-order valence-corrected chi connectivity index (χ3v) is 7.61. The Hall–Kier alpha value is -1.71. The third kappa shape index (κ3) is 5.12. The summed E-state index contributed by atoms with van der Waals surface area (Å²) in [7, 11) is 0. The maximum absolute atomic E-state index is 5.11. The van der Waals surface area contributed by atoms with Crippen molar-refractivity contribution in [2.45, 2.75) is 39.2 Å². The van der Waals surface area contributed by atoms with Crippen LogP contribution in [0.2, 0.25) is 0 Å². The molecule has 164 valence electrons. The SMILES string of the molecule is CCNC(=NCC(c1cccs1)N1CCCC1)N1CCN(c2nc(CC)ns2)CC1. The molecule has 2 saturated heterocycles. The van der Waals surface area contributed by atoms with Gasteiger partial charge in [0.05, 0.1) is 12.6 Å². The Balaban J connectivity index is 1.40. The van der Waals surface area contributed by atoms with E-state index in [0.717, 1.165) is 62.6 Å². The van der Waals surface area contributed by atoms with Crippen LogP contribution in [0.5, 0.6) is 0 Å². The number of rotatable bonds is 7. The maximum atomic E-state index is 5.11. The fourth-order valence-electron chi connectivity index (χ4n) is 4.14. The third-order valence-electron chi connectivity index (χ3n) is 5.83. The molecule has 30 heavy (non-hydrogen) atoms. The number of anilines is 1. The number of nitrogens with one attached hydrogen (secondary N) is 1. The van der Waals surface area contributed by atoms with Gasteiger partial charge in [0.1, 0.15) is 5.82 Å². The first-order valence-corrected chi connectivity index (χ1v) is 12.8. The molecule has 0 aliphatic carbocycles. The molecule has 0 saturated carbocycles. The van der Waals surface area contributed by atoms with Crippen LogP contribution < -0.4 is 10.2 Å². The first-order chi connectivity index (χ1) is 14.8. The molecule has 2 aliphatic rings. The highest BCUT2D eigenvalue weighted by Gasteiger charge is 2.26. The van der Waals surface area contributed by atoms with E-state index >= 15 is 0 Å². The van der Waals surface area contributed by atoms with Crippen LogP contribution >= 0.6 is 22.9 Å². The molecule has 4 rings (SSSR count). The van der Waals surface area contributed by atoms with Gasteiger partial charge >= 0.3 is 0 Å². The van der Waals surface area contributed by atoms with Crippen molar-refractivity contribution in [2.24, 2.45) is 4.99 Å². The Bertz CT molecular complexity index is 790. The summed E-state index contributed by atoms with van der Waals surface area (Å²) in [4.78, 5) is 18.6. The van der Waals surface area contributed by atoms with Crippen molar-refractivity contribution in [3.8, 4) is 0 Å². The fourth-order valence-corrected chi connectivity index (χ4v) is 5.80. The zero-order chi connectivity index (χ0) is 20.8. The van der Waals surface area contributed by atoms with E-state index in [1.54, 1.807) is 0 Å². The summed E-state index contributed by atoms with van der Waals surface area (Å²) in [6.45, 7) is 12.2. The highest BCUT2D eigenvalue weighted by molar-refractivity contribution is 7.10. The summed E-state index contributed by atoms with van der Waals surface area (Å²) < 4.78 is 4.44. The second-order valence-corrected chi connectivity index (χ2v) is 9.50. The summed E-state index contributed by atoms with van der Waals surface area (Å²) in [5.74, 6) is 2.00. The number of aryl methyl sites for hydroxylation is 1. The topological polar surface area (TPSA) is 59.9 Å². The molecule has 7 nitrogen and oxygen atoms in total. The van der Waals surface area contributed by atoms with Crippen LogP contribution in [0, 0.1) is 0 Å². The normalized spacial score (nSPS) is 19.5. The minimum Gasteiger partial charge on any atom is -0.357 e. The number of aliphatic imine (C=N–C) groups is 1. The van der Waals surface area contributed by atoms with E-state index in [9.17, 15) is 0 Å². The van der Waals surface area contributed by atoms with Crippen molar-refractivity contribution in [3.05, 3.63) is 28.2 Å². The molecule has 4 heterocycles. The Morgan fingerprint density at radius 2 is 1.97 bits per heavy atom. The van der Waals surface area contributed by atoms with Crippen molar-refractivity contribution in [3.63, 3.8) is 0 Å². The summed E-state index contributed by atoms with van der Waals surface area (Å²) in [6, 6.07) is 4.83. The minimum atomic E-state index is 0.399. The van der Waals surface area contributed by atoms with E-state index in [1.807, 2.05) is 11.3 Å². The summed E-state index contributed by atoms with van der Waals surface area (Å²) >= 11 is 3.38. The van der Waals surface area contributed by atoms with Crippen molar-refractivity contribution in [2.75, 3.05) is 57.3 Å². The van der Waals surface area contributed by atoms with Crippen molar-refractivity contribution >= 4 is 34.0 Å². The lowest BCUT2D eigenvalue weighted by molar-refractivity contribution is 0.254. The Kier molecular flexibility index (Phi) is 7.57. The molecule has 9 heteroatoms. The Morgan fingerprint density at radius 3 is 2.60 bits per heavy atom. The zero-order valence-corrected chi connectivity index (χ0v) is 19.7. The highest BCUT2D eigenvalue weighted by Crippen LogP contribution is 2.29. The van der Waals surface area contributed by atoms with Crippen molar-refractivity contribution in [1.29, 1.82) is 0 Å². The molecule has 2 fully saturated rings. The quantitative estimate of drug-likeness (QED) is 0.520. The summed E-state index contributed by atoms with van der Waals surface area (Å²) in [5.41, 5.74) is 0. The van der Waals surface area contributed by atoms with Gasteiger partial charge in [0.15, 0.2) is 5.96 Å². The van der Waals surface area contributed by atoms with Crippen LogP contribution in [0.25, 0.3) is 0 Å². The van der Waals surface area contributed by atoms with Gasteiger partial charge in [-0.1, -0.05) is 13.0 Å². The molecule has 2 aromatic rings. The van der Waals surface area contributed by atoms with E-state index < -0.39 is 0 Å². The van der Waals surface area contributed by atoms with Crippen LogP contribution in [-0.2, 0) is 6.42 Å². The van der Waals surface area contributed by atoms with Crippen LogP contribution in [0.15, 0.2) is 22.5 Å². The number of hydrogen-bond donors (Lipinski definition) is 1. The second-order valence-electron chi connectivity index (χ2n) is 7.79. The lowest BCUT2D eigenvalue weighted by atomic mass is 10.2. The van der Waals surface area contributed by atoms with Gasteiger partial charge in [-0.3, -0.25) is 9.89 Å². The van der Waals surface area contributed by atoms with Gasteiger partial charge in [-0.15, -0.1) is 11.3 Å². The molecule has 1 N–H and O–H groups in total. The number of aromatic nitrogens is 2. The molecule has 2 aliphatic heterocycles. The molecular formula is C21H33N7S2. The largest absolute Gasteiger partial charge is 0.357 e. The number of nitrogens with zero attached hydrogens (tertiary/aromatic N) is 6. The van der Waals surface area contributed by atoms with Gasteiger partial charge in [-0.05, 0) is 44.3 Å². The Morgan fingerprint density at radius 1 is 1.17 bits per heavy atom. The average Bonchev–Trinajstić information content (AvgIpc) is 3.56. The highest BCUT2D eigenvalue weighted by atomic mass is 32.1. The molecule has 0 aromatic carbocycles. The summed E-state index contributed by atoms with van der Waals surface area (Å²) in [5, 5.41) is 6.77. The summed E-state index contributed by atoms with van der Waals surface area (Å²) in [6.07, 6.45) is 3.51. The van der Waals surface area contributed by atoms with Crippen LogP contribution in [0.1, 0.15) is 43.4 Å². The minimum absolute atomic E-state index is 0.399. The van der Waals surface area contributed by atoms with Crippen LogP contribution in [-0.4, -0.2) is 77.5 Å². The standard InChI is InChI=1S/C21H33N7S2/c1-3-19-24-21(30-25-19)28-13-11-27(12-14-28)20(22-4-2)23-16-17(18-8-7-15-29-18)26-9-5-6-10-26/h7-8,15,17H,3-6,9-14,16H2,1-2H3,(H,22,23). The monoisotopic (exact) mass is 447 g/mol. The van der Waals surface area contributed by atoms with Gasteiger partial charge in [-0.25, -0.2) is 4.98 Å². The molecular weight excluding hydrogens is 414 g/mol. The van der Waals surface area contributed by atoms with Crippen molar-refractivity contribution < 1.29 is 0 Å². The molecule has 2 aromatic heterocycles. The smallest absolute Gasteiger partial charge is 0.205 e. The zero-order valence-electron chi connectivity index (χ0n) is 18.1. The number of likely N-dealkylation sites (tertiary alicyclic amines) is 1. The molecule has 0 radical (unpaired) electrons. The van der Waals surface area contributed by atoms with Crippen LogP contribution in [0.4, 0.5) is 5.13 Å². The molecule has 0 bridgehead atoms. The van der Waals surface area contributed by atoms with E-state index in [4.69, 9.17) is 4.99 Å². The van der Waals surface area contributed by atoms with Crippen molar-refractivity contribution in [1.82, 2.24) is 24.5 Å². The number of piperazine rings is 1. The molecule has 1 unspecified atom stereocenters. The number of thiophene rings is 1. The lowest BCUT2D eigenvalue weighted by Crippen LogP contribution is -2.52. The Labute approximate surface area is 188 Å². The molecule has 0 amide bonds. The lowest BCUT2D eigenvalue weighted by Gasteiger charge is -2.36. The van der Waals surface area contributed by atoms with Gasteiger partial charge in [0, 0.05) is 55.6 Å².